The monoisotopic (exact) mass is 367 g/mol. The number of hydrogen-bond donors (Lipinski definition) is 1. The van der Waals surface area contributed by atoms with E-state index in [-0.39, 0.29) is 18.3 Å². The van der Waals surface area contributed by atoms with Crippen molar-refractivity contribution in [2.75, 3.05) is 5.32 Å². The van der Waals surface area contributed by atoms with Gasteiger partial charge in [-0.25, -0.2) is 0 Å². The van der Waals surface area contributed by atoms with Gasteiger partial charge in [-0.3, -0.25) is 9.59 Å². The van der Waals surface area contributed by atoms with Gasteiger partial charge in [-0.2, -0.15) is 0 Å². The molecule has 0 aliphatic heterocycles. The standard InChI is InChI=1S/C21H21NO3S/c1-21(2,3)25-19(23)12-14-8-10-15(11-9-14)22-20(24)17-13-26-18-7-5-4-6-16(17)18/h4-11,13H,12H2,1-3H3,(H,22,24). The Kier molecular flexibility index (Phi) is 5.09. The molecule has 1 amide bonds. The molecule has 0 radical (unpaired) electrons. The number of anilines is 1. The summed E-state index contributed by atoms with van der Waals surface area (Å²) in [6.07, 6.45) is 0.209. The first-order valence-electron chi connectivity index (χ1n) is 8.40. The molecule has 0 saturated heterocycles. The fraction of sp³-hybridized carbons (Fsp3) is 0.238. The molecule has 4 nitrogen and oxygen atoms in total. The molecular formula is C21H21NO3S. The van der Waals surface area contributed by atoms with Gasteiger partial charge in [-0.1, -0.05) is 30.3 Å². The van der Waals surface area contributed by atoms with Crippen LogP contribution < -0.4 is 5.32 Å². The Morgan fingerprint density at radius 1 is 1.04 bits per heavy atom. The number of hydrogen-bond acceptors (Lipinski definition) is 4. The molecule has 0 atom stereocenters. The molecule has 2 aromatic carbocycles. The minimum absolute atomic E-state index is 0.137. The van der Waals surface area contributed by atoms with Crippen LogP contribution in [0.3, 0.4) is 0 Å². The summed E-state index contributed by atoms with van der Waals surface area (Å²) in [5, 5.41) is 5.73. The van der Waals surface area contributed by atoms with Gasteiger partial charge in [0.25, 0.3) is 5.91 Å². The second kappa shape index (κ2) is 7.30. The predicted octanol–water partition coefficient (Wildman–Crippen LogP) is 5.04. The van der Waals surface area contributed by atoms with Crippen molar-refractivity contribution in [3.8, 4) is 0 Å². The van der Waals surface area contributed by atoms with Crippen molar-refractivity contribution < 1.29 is 14.3 Å². The molecule has 0 aliphatic rings. The smallest absolute Gasteiger partial charge is 0.310 e. The fourth-order valence-corrected chi connectivity index (χ4v) is 3.54. The quantitative estimate of drug-likeness (QED) is 0.658. The van der Waals surface area contributed by atoms with Crippen LogP contribution in [0.5, 0.6) is 0 Å². The first-order chi connectivity index (χ1) is 12.3. The number of thiophene rings is 1. The Balaban J connectivity index is 1.66. The van der Waals surface area contributed by atoms with Crippen LogP contribution in [0.1, 0.15) is 36.7 Å². The predicted molar refractivity (Wildman–Crippen MR) is 106 cm³/mol. The number of carbonyl (C=O) groups excluding carboxylic acids is 2. The molecule has 5 heteroatoms. The van der Waals surface area contributed by atoms with E-state index in [1.165, 1.54) is 0 Å². The van der Waals surface area contributed by atoms with Crippen LogP contribution in [0, 0.1) is 0 Å². The summed E-state index contributed by atoms with van der Waals surface area (Å²) < 4.78 is 6.41. The van der Waals surface area contributed by atoms with E-state index in [2.05, 4.69) is 5.32 Å². The van der Waals surface area contributed by atoms with Gasteiger partial charge in [0, 0.05) is 21.2 Å². The van der Waals surface area contributed by atoms with Crippen LogP contribution >= 0.6 is 11.3 Å². The highest BCUT2D eigenvalue weighted by Gasteiger charge is 2.16. The number of benzene rings is 2. The lowest BCUT2D eigenvalue weighted by atomic mass is 10.1. The molecule has 26 heavy (non-hydrogen) atoms. The number of fused-ring (bicyclic) bond motifs is 1. The summed E-state index contributed by atoms with van der Waals surface area (Å²) in [5.41, 5.74) is 1.72. The number of ether oxygens (including phenoxy) is 1. The third-order valence-corrected chi connectivity index (χ3v) is 4.67. The molecule has 0 aliphatic carbocycles. The minimum atomic E-state index is -0.492. The van der Waals surface area contributed by atoms with E-state index in [0.29, 0.717) is 11.3 Å². The Morgan fingerprint density at radius 3 is 2.42 bits per heavy atom. The molecule has 0 unspecified atom stereocenters. The van der Waals surface area contributed by atoms with E-state index in [4.69, 9.17) is 4.74 Å². The van der Waals surface area contributed by atoms with Crippen molar-refractivity contribution in [2.24, 2.45) is 0 Å². The van der Waals surface area contributed by atoms with Crippen molar-refractivity contribution in [3.05, 3.63) is 65.0 Å². The van der Waals surface area contributed by atoms with Gasteiger partial charge < -0.3 is 10.1 Å². The lowest BCUT2D eigenvalue weighted by Crippen LogP contribution is -2.24. The van der Waals surface area contributed by atoms with Crippen LogP contribution in [0.4, 0.5) is 5.69 Å². The van der Waals surface area contributed by atoms with E-state index in [1.54, 1.807) is 23.5 Å². The topological polar surface area (TPSA) is 55.4 Å². The minimum Gasteiger partial charge on any atom is -0.460 e. The van der Waals surface area contributed by atoms with Gasteiger partial charge in [-0.05, 0) is 44.5 Å². The summed E-state index contributed by atoms with van der Waals surface area (Å²) in [5.74, 6) is -0.402. The van der Waals surface area contributed by atoms with Gasteiger partial charge in [0.1, 0.15) is 5.60 Å². The summed E-state index contributed by atoms with van der Waals surface area (Å²) >= 11 is 1.55. The second-order valence-corrected chi connectivity index (χ2v) is 7.97. The normalized spacial score (nSPS) is 11.3. The average Bonchev–Trinajstić information content (AvgIpc) is 2.99. The Bertz CT molecular complexity index is 936. The highest BCUT2D eigenvalue weighted by Crippen LogP contribution is 2.26. The number of rotatable bonds is 4. The Hall–Kier alpha value is -2.66. The molecule has 1 heterocycles. The van der Waals surface area contributed by atoms with E-state index < -0.39 is 5.60 Å². The van der Waals surface area contributed by atoms with Crippen LogP contribution in [-0.2, 0) is 16.0 Å². The Morgan fingerprint density at radius 2 is 1.73 bits per heavy atom. The van der Waals surface area contributed by atoms with E-state index in [9.17, 15) is 9.59 Å². The summed E-state index contributed by atoms with van der Waals surface area (Å²) in [7, 11) is 0. The van der Waals surface area contributed by atoms with Crippen LogP contribution in [-0.4, -0.2) is 17.5 Å². The molecule has 0 saturated carbocycles. The van der Waals surface area contributed by atoms with Crippen molar-refractivity contribution in [2.45, 2.75) is 32.8 Å². The lowest BCUT2D eigenvalue weighted by Gasteiger charge is -2.19. The maximum atomic E-state index is 12.5. The first-order valence-corrected chi connectivity index (χ1v) is 9.28. The van der Waals surface area contributed by atoms with Crippen LogP contribution in [0.15, 0.2) is 53.9 Å². The largest absolute Gasteiger partial charge is 0.460 e. The van der Waals surface area contributed by atoms with Crippen molar-refractivity contribution >= 4 is 39.0 Å². The second-order valence-electron chi connectivity index (χ2n) is 7.06. The van der Waals surface area contributed by atoms with Gasteiger partial charge >= 0.3 is 5.97 Å². The molecule has 0 spiro atoms. The van der Waals surface area contributed by atoms with E-state index >= 15 is 0 Å². The highest BCUT2D eigenvalue weighted by atomic mass is 32.1. The molecule has 1 N–H and O–H groups in total. The summed E-state index contributed by atoms with van der Waals surface area (Å²) in [6.45, 7) is 5.53. The van der Waals surface area contributed by atoms with Gasteiger partial charge in [0.15, 0.2) is 0 Å². The highest BCUT2D eigenvalue weighted by molar-refractivity contribution is 7.17. The maximum Gasteiger partial charge on any atom is 0.310 e. The third kappa shape index (κ3) is 4.49. The number of nitrogens with one attached hydrogen (secondary N) is 1. The van der Waals surface area contributed by atoms with E-state index in [0.717, 1.165) is 15.6 Å². The molecule has 0 fully saturated rings. The van der Waals surface area contributed by atoms with Gasteiger partial charge in [-0.15, -0.1) is 11.3 Å². The van der Waals surface area contributed by atoms with Crippen LogP contribution in [0.2, 0.25) is 0 Å². The third-order valence-electron chi connectivity index (χ3n) is 3.71. The van der Waals surface area contributed by atoms with Crippen LogP contribution in [0.25, 0.3) is 10.1 Å². The fourth-order valence-electron chi connectivity index (χ4n) is 2.60. The zero-order valence-electron chi connectivity index (χ0n) is 15.0. The zero-order valence-corrected chi connectivity index (χ0v) is 15.9. The molecule has 1 aromatic heterocycles. The SMILES string of the molecule is CC(C)(C)OC(=O)Cc1ccc(NC(=O)c2csc3ccccc23)cc1. The molecule has 3 rings (SSSR count). The van der Waals surface area contributed by atoms with Gasteiger partial charge in [0.2, 0.25) is 0 Å². The molecule has 0 bridgehead atoms. The Labute approximate surface area is 156 Å². The summed E-state index contributed by atoms with van der Waals surface area (Å²) in [4.78, 5) is 24.4. The van der Waals surface area contributed by atoms with E-state index in [1.807, 2.05) is 62.5 Å². The first kappa shape index (κ1) is 18.1. The van der Waals surface area contributed by atoms with Crippen molar-refractivity contribution in [3.63, 3.8) is 0 Å². The zero-order chi connectivity index (χ0) is 18.7. The average molecular weight is 367 g/mol. The van der Waals surface area contributed by atoms with Gasteiger partial charge in [0.05, 0.1) is 12.0 Å². The van der Waals surface area contributed by atoms with Crippen molar-refractivity contribution in [1.82, 2.24) is 0 Å². The summed E-state index contributed by atoms with van der Waals surface area (Å²) in [6, 6.07) is 15.1. The molecular weight excluding hydrogens is 346 g/mol. The number of esters is 1. The number of carbonyl (C=O) groups is 2. The number of amides is 1. The van der Waals surface area contributed by atoms with Crippen molar-refractivity contribution in [1.29, 1.82) is 0 Å². The molecule has 134 valence electrons. The lowest BCUT2D eigenvalue weighted by molar-refractivity contribution is -0.153. The maximum absolute atomic E-state index is 12.5. The molecule has 3 aromatic rings.